The van der Waals surface area contributed by atoms with E-state index in [4.69, 9.17) is 0 Å². The van der Waals surface area contributed by atoms with Gasteiger partial charge in [0.1, 0.15) is 0 Å². The fourth-order valence-electron chi connectivity index (χ4n) is 3.39. The normalized spacial score (nSPS) is 25.6. The summed E-state index contributed by atoms with van der Waals surface area (Å²) >= 11 is 0. The van der Waals surface area contributed by atoms with Crippen LogP contribution in [0.3, 0.4) is 0 Å². The first-order chi connectivity index (χ1) is 9.83. The molecular formula is C17H19N3. The van der Waals surface area contributed by atoms with Gasteiger partial charge in [-0.25, -0.2) is 0 Å². The molecular weight excluding hydrogens is 246 g/mol. The number of rotatable bonds is 2. The molecule has 0 bridgehead atoms. The van der Waals surface area contributed by atoms with Crippen molar-refractivity contribution in [1.29, 1.82) is 0 Å². The molecule has 2 aliphatic heterocycles. The highest BCUT2D eigenvalue weighted by Gasteiger charge is 2.24. The van der Waals surface area contributed by atoms with Gasteiger partial charge in [-0.2, -0.15) is 0 Å². The maximum atomic E-state index is 4.62. The molecule has 4 rings (SSSR count). The van der Waals surface area contributed by atoms with Crippen molar-refractivity contribution in [2.45, 2.75) is 19.3 Å². The zero-order chi connectivity index (χ0) is 13.5. The molecule has 2 atom stereocenters. The SMILES string of the molecule is CC1CNCC(c2ccc(C3=NC3)c3ncccc23)C1. The predicted molar refractivity (Wildman–Crippen MR) is 82.5 cm³/mol. The molecule has 0 saturated carbocycles. The number of pyridine rings is 1. The van der Waals surface area contributed by atoms with Crippen molar-refractivity contribution >= 4 is 16.6 Å². The Hall–Kier alpha value is -1.74. The molecule has 2 unspecified atom stereocenters. The van der Waals surface area contributed by atoms with Gasteiger partial charge in [0.25, 0.3) is 0 Å². The lowest BCUT2D eigenvalue weighted by molar-refractivity contribution is 0.365. The number of fused-ring (bicyclic) bond motifs is 1. The summed E-state index contributed by atoms with van der Waals surface area (Å²) in [5, 5.41) is 4.86. The van der Waals surface area contributed by atoms with E-state index in [2.05, 4.69) is 40.4 Å². The van der Waals surface area contributed by atoms with Gasteiger partial charge in [0.05, 0.1) is 17.8 Å². The summed E-state index contributed by atoms with van der Waals surface area (Å²) in [7, 11) is 0. The summed E-state index contributed by atoms with van der Waals surface area (Å²) in [5.41, 5.74) is 4.99. The quantitative estimate of drug-likeness (QED) is 0.906. The van der Waals surface area contributed by atoms with Gasteiger partial charge >= 0.3 is 0 Å². The molecule has 1 saturated heterocycles. The Balaban J connectivity index is 1.84. The highest BCUT2D eigenvalue weighted by Crippen LogP contribution is 2.33. The standard InChI is InChI=1S/C17H19N3/c1-11-7-12(9-18-8-11)13-4-5-15(16-10-20-16)17-14(13)3-2-6-19-17/h2-6,11-12,18H,7-10H2,1H3. The van der Waals surface area contributed by atoms with Crippen molar-refractivity contribution in [3.05, 3.63) is 41.6 Å². The summed E-state index contributed by atoms with van der Waals surface area (Å²) in [4.78, 5) is 8.96. The van der Waals surface area contributed by atoms with Crippen molar-refractivity contribution < 1.29 is 0 Å². The molecule has 3 nitrogen and oxygen atoms in total. The number of aromatic nitrogens is 1. The van der Waals surface area contributed by atoms with E-state index in [9.17, 15) is 0 Å². The van der Waals surface area contributed by atoms with Gasteiger partial charge in [0.15, 0.2) is 0 Å². The molecule has 0 spiro atoms. The zero-order valence-corrected chi connectivity index (χ0v) is 11.8. The molecule has 0 radical (unpaired) electrons. The Morgan fingerprint density at radius 1 is 1.20 bits per heavy atom. The summed E-state index contributed by atoms with van der Waals surface area (Å²) in [6.07, 6.45) is 3.15. The van der Waals surface area contributed by atoms with Crippen LogP contribution >= 0.6 is 0 Å². The Labute approximate surface area is 119 Å². The Morgan fingerprint density at radius 3 is 2.90 bits per heavy atom. The van der Waals surface area contributed by atoms with Crippen LogP contribution in [0.15, 0.2) is 35.5 Å². The molecule has 3 heterocycles. The topological polar surface area (TPSA) is 37.3 Å². The van der Waals surface area contributed by atoms with Crippen molar-refractivity contribution in [2.24, 2.45) is 10.9 Å². The lowest BCUT2D eigenvalue weighted by Crippen LogP contribution is -2.33. The van der Waals surface area contributed by atoms with Gasteiger partial charge in [-0.15, -0.1) is 0 Å². The first-order valence-electron chi connectivity index (χ1n) is 7.45. The van der Waals surface area contributed by atoms with Gasteiger partial charge in [-0.3, -0.25) is 9.98 Å². The molecule has 2 aromatic rings. The van der Waals surface area contributed by atoms with Crippen LogP contribution in [0.2, 0.25) is 0 Å². The number of nitrogens with one attached hydrogen (secondary N) is 1. The molecule has 1 fully saturated rings. The molecule has 20 heavy (non-hydrogen) atoms. The van der Waals surface area contributed by atoms with E-state index >= 15 is 0 Å². The van der Waals surface area contributed by atoms with Crippen LogP contribution in [-0.2, 0) is 0 Å². The van der Waals surface area contributed by atoms with E-state index in [1.165, 1.54) is 28.6 Å². The Kier molecular flexibility index (Phi) is 2.81. The highest BCUT2D eigenvalue weighted by atomic mass is 14.9. The largest absolute Gasteiger partial charge is 0.316 e. The third-order valence-corrected chi connectivity index (χ3v) is 4.44. The average Bonchev–Trinajstić information content (AvgIpc) is 3.31. The van der Waals surface area contributed by atoms with Gasteiger partial charge in [-0.05, 0) is 36.4 Å². The molecule has 0 aliphatic carbocycles. The lowest BCUT2D eigenvalue weighted by atomic mass is 9.84. The number of benzene rings is 1. The number of aliphatic imine (C=N–C) groups is 1. The minimum Gasteiger partial charge on any atom is -0.316 e. The summed E-state index contributed by atoms with van der Waals surface area (Å²) in [6, 6.07) is 8.77. The van der Waals surface area contributed by atoms with E-state index in [0.29, 0.717) is 5.92 Å². The minimum absolute atomic E-state index is 0.598. The van der Waals surface area contributed by atoms with Crippen LogP contribution in [0.1, 0.15) is 30.4 Å². The van der Waals surface area contributed by atoms with Gasteiger partial charge in [0.2, 0.25) is 0 Å². The zero-order valence-electron chi connectivity index (χ0n) is 11.8. The van der Waals surface area contributed by atoms with Crippen LogP contribution in [0.4, 0.5) is 0 Å². The fraction of sp³-hybridized carbons (Fsp3) is 0.412. The van der Waals surface area contributed by atoms with Crippen molar-refractivity contribution in [3.8, 4) is 0 Å². The fourth-order valence-corrected chi connectivity index (χ4v) is 3.39. The molecule has 102 valence electrons. The first kappa shape index (κ1) is 12.0. The number of hydrogen-bond donors (Lipinski definition) is 1. The number of nitrogens with zero attached hydrogens (tertiary/aromatic N) is 2. The second kappa shape index (κ2) is 4.67. The molecule has 1 aromatic heterocycles. The van der Waals surface area contributed by atoms with E-state index < -0.39 is 0 Å². The smallest absolute Gasteiger partial charge is 0.0818 e. The van der Waals surface area contributed by atoms with Gasteiger partial charge < -0.3 is 5.32 Å². The predicted octanol–water partition coefficient (Wildman–Crippen LogP) is 2.75. The molecule has 2 aliphatic rings. The van der Waals surface area contributed by atoms with Crippen LogP contribution in [0.25, 0.3) is 10.9 Å². The molecule has 3 heteroatoms. The van der Waals surface area contributed by atoms with Crippen molar-refractivity contribution in [1.82, 2.24) is 10.3 Å². The summed E-state index contributed by atoms with van der Waals surface area (Å²) < 4.78 is 0. The Morgan fingerprint density at radius 2 is 2.10 bits per heavy atom. The average molecular weight is 265 g/mol. The maximum Gasteiger partial charge on any atom is 0.0818 e. The second-order valence-electron chi connectivity index (χ2n) is 6.06. The third kappa shape index (κ3) is 2.02. The van der Waals surface area contributed by atoms with Crippen LogP contribution < -0.4 is 5.32 Å². The third-order valence-electron chi connectivity index (χ3n) is 4.44. The lowest BCUT2D eigenvalue weighted by Gasteiger charge is -2.29. The van der Waals surface area contributed by atoms with Crippen LogP contribution in [0, 0.1) is 5.92 Å². The van der Waals surface area contributed by atoms with E-state index in [1.807, 2.05) is 12.3 Å². The monoisotopic (exact) mass is 265 g/mol. The summed E-state index contributed by atoms with van der Waals surface area (Å²) in [6.45, 7) is 5.43. The number of hydrogen-bond acceptors (Lipinski definition) is 3. The number of piperidine rings is 1. The minimum atomic E-state index is 0.598. The van der Waals surface area contributed by atoms with Crippen molar-refractivity contribution in [2.75, 3.05) is 19.6 Å². The van der Waals surface area contributed by atoms with E-state index in [-0.39, 0.29) is 0 Å². The van der Waals surface area contributed by atoms with E-state index in [1.54, 1.807) is 0 Å². The van der Waals surface area contributed by atoms with Crippen molar-refractivity contribution in [3.63, 3.8) is 0 Å². The van der Waals surface area contributed by atoms with Gasteiger partial charge in [0, 0.05) is 23.7 Å². The van der Waals surface area contributed by atoms with Crippen LogP contribution in [0.5, 0.6) is 0 Å². The molecule has 1 aromatic carbocycles. The maximum absolute atomic E-state index is 4.62. The van der Waals surface area contributed by atoms with Crippen LogP contribution in [-0.4, -0.2) is 30.3 Å². The highest BCUT2D eigenvalue weighted by molar-refractivity contribution is 6.17. The first-order valence-corrected chi connectivity index (χ1v) is 7.45. The van der Waals surface area contributed by atoms with E-state index in [0.717, 1.165) is 31.1 Å². The van der Waals surface area contributed by atoms with Gasteiger partial charge in [-0.1, -0.05) is 25.1 Å². The summed E-state index contributed by atoms with van der Waals surface area (Å²) in [5.74, 6) is 1.34. The second-order valence-corrected chi connectivity index (χ2v) is 6.06. The Bertz CT molecular complexity index is 690. The molecule has 1 N–H and O–H groups in total. The molecule has 0 amide bonds.